The van der Waals surface area contributed by atoms with E-state index in [9.17, 15) is 4.79 Å². The molecule has 3 heterocycles. The summed E-state index contributed by atoms with van der Waals surface area (Å²) in [5.41, 5.74) is 2.03. The van der Waals surface area contributed by atoms with E-state index in [0.717, 1.165) is 40.9 Å². The van der Waals surface area contributed by atoms with E-state index >= 15 is 0 Å². The highest BCUT2D eigenvalue weighted by molar-refractivity contribution is 7.99. The van der Waals surface area contributed by atoms with Gasteiger partial charge in [0.15, 0.2) is 11.0 Å². The molecule has 1 saturated carbocycles. The van der Waals surface area contributed by atoms with Crippen molar-refractivity contribution in [3.8, 4) is 11.4 Å². The molecule has 166 valence electrons. The van der Waals surface area contributed by atoms with Crippen LogP contribution in [0, 0.1) is 0 Å². The number of carbonyl (C=O) groups excluding carboxylic acids is 1. The summed E-state index contributed by atoms with van der Waals surface area (Å²) in [6.45, 7) is 0.504. The van der Waals surface area contributed by atoms with Gasteiger partial charge in [-0.3, -0.25) is 9.36 Å². The van der Waals surface area contributed by atoms with Gasteiger partial charge in [-0.1, -0.05) is 49.2 Å². The van der Waals surface area contributed by atoms with Gasteiger partial charge in [-0.05, 0) is 31.0 Å². The number of amides is 1. The highest BCUT2D eigenvalue weighted by atomic mass is 32.2. The normalized spacial score (nSPS) is 14.8. The number of H-pyrrole nitrogens is 1. The van der Waals surface area contributed by atoms with Gasteiger partial charge in [0.05, 0.1) is 18.6 Å². The molecule has 0 aliphatic heterocycles. The quantitative estimate of drug-likeness (QED) is 0.404. The molecule has 1 aliphatic rings. The Hall–Kier alpha value is -3.00. The lowest BCUT2D eigenvalue weighted by Crippen LogP contribution is -2.39. The van der Waals surface area contributed by atoms with Crippen LogP contribution in [0.1, 0.15) is 37.9 Å². The SMILES string of the molecule is CN(C(=O)CSc1nnc(-c2c[nH]c3ccccc23)n1Cc1ccco1)C1CCCCC1. The smallest absolute Gasteiger partial charge is 0.233 e. The minimum absolute atomic E-state index is 0.142. The van der Waals surface area contributed by atoms with Gasteiger partial charge in [-0.15, -0.1) is 10.2 Å². The topological polar surface area (TPSA) is 80.0 Å². The molecule has 5 rings (SSSR count). The lowest BCUT2D eigenvalue weighted by atomic mass is 9.94. The number of nitrogens with zero attached hydrogens (tertiary/aromatic N) is 4. The molecular formula is C24H27N5O2S. The minimum Gasteiger partial charge on any atom is -0.467 e. The summed E-state index contributed by atoms with van der Waals surface area (Å²) in [5.74, 6) is 2.06. The number of aromatic amines is 1. The van der Waals surface area contributed by atoms with Crippen molar-refractivity contribution in [3.05, 3.63) is 54.6 Å². The Morgan fingerprint density at radius 3 is 2.84 bits per heavy atom. The summed E-state index contributed by atoms with van der Waals surface area (Å²) in [6, 6.07) is 12.3. The van der Waals surface area contributed by atoms with Crippen LogP contribution in [0.2, 0.25) is 0 Å². The molecular weight excluding hydrogens is 422 g/mol. The van der Waals surface area contributed by atoms with Gasteiger partial charge in [0.25, 0.3) is 0 Å². The maximum Gasteiger partial charge on any atom is 0.233 e. The number of aromatic nitrogens is 4. The molecule has 0 spiro atoms. The summed E-state index contributed by atoms with van der Waals surface area (Å²) < 4.78 is 7.63. The van der Waals surface area contributed by atoms with Gasteiger partial charge in [0.1, 0.15) is 5.76 Å². The van der Waals surface area contributed by atoms with Crippen molar-refractivity contribution >= 4 is 28.6 Å². The third kappa shape index (κ3) is 4.19. The van der Waals surface area contributed by atoms with Crippen molar-refractivity contribution in [2.75, 3.05) is 12.8 Å². The lowest BCUT2D eigenvalue weighted by molar-refractivity contribution is -0.129. The van der Waals surface area contributed by atoms with Gasteiger partial charge < -0.3 is 14.3 Å². The van der Waals surface area contributed by atoms with E-state index in [0.29, 0.717) is 23.5 Å². The molecule has 1 amide bonds. The number of benzene rings is 1. The molecule has 4 aromatic rings. The van der Waals surface area contributed by atoms with E-state index in [2.05, 4.69) is 21.2 Å². The van der Waals surface area contributed by atoms with Crippen LogP contribution in [0.4, 0.5) is 0 Å². The van der Waals surface area contributed by atoms with E-state index < -0.39 is 0 Å². The fourth-order valence-electron chi connectivity index (χ4n) is 4.45. The van der Waals surface area contributed by atoms with Gasteiger partial charge in [0.2, 0.25) is 5.91 Å². The second-order valence-electron chi connectivity index (χ2n) is 8.30. The van der Waals surface area contributed by atoms with Crippen LogP contribution >= 0.6 is 11.8 Å². The standard InChI is InChI=1S/C24H27N5O2S/c1-28(17-8-3-2-4-9-17)22(30)16-32-24-27-26-23(29(24)15-18-10-7-13-31-18)20-14-25-21-12-6-5-11-19(20)21/h5-7,10-14,17,25H,2-4,8-9,15-16H2,1H3. The monoisotopic (exact) mass is 449 g/mol. The first-order valence-corrected chi connectivity index (χ1v) is 12.1. The lowest BCUT2D eigenvalue weighted by Gasteiger charge is -2.31. The van der Waals surface area contributed by atoms with E-state index in [1.54, 1.807) is 6.26 Å². The molecule has 0 radical (unpaired) electrons. The molecule has 3 aromatic heterocycles. The van der Waals surface area contributed by atoms with E-state index in [1.165, 1.54) is 31.0 Å². The molecule has 0 atom stereocenters. The predicted molar refractivity (Wildman–Crippen MR) is 125 cm³/mol. The van der Waals surface area contributed by atoms with Crippen molar-refractivity contribution in [1.82, 2.24) is 24.6 Å². The zero-order valence-corrected chi connectivity index (χ0v) is 19.0. The maximum atomic E-state index is 12.9. The van der Waals surface area contributed by atoms with E-state index in [1.807, 2.05) is 53.0 Å². The van der Waals surface area contributed by atoms with Crippen molar-refractivity contribution < 1.29 is 9.21 Å². The second kappa shape index (κ2) is 9.24. The molecule has 1 fully saturated rings. The van der Waals surface area contributed by atoms with Crippen molar-refractivity contribution in [2.24, 2.45) is 0 Å². The Labute approximate surface area is 191 Å². The van der Waals surface area contributed by atoms with Crippen LogP contribution in [0.5, 0.6) is 0 Å². The van der Waals surface area contributed by atoms with Crippen LogP contribution in [0.15, 0.2) is 58.4 Å². The van der Waals surface area contributed by atoms with Gasteiger partial charge in [-0.25, -0.2) is 0 Å². The molecule has 0 saturated heterocycles. The fraction of sp³-hybridized carbons (Fsp3) is 0.375. The first kappa shape index (κ1) is 20.9. The number of fused-ring (bicyclic) bond motifs is 1. The average molecular weight is 450 g/mol. The van der Waals surface area contributed by atoms with Crippen molar-refractivity contribution in [3.63, 3.8) is 0 Å². The van der Waals surface area contributed by atoms with Gasteiger partial charge in [-0.2, -0.15) is 0 Å². The zero-order valence-electron chi connectivity index (χ0n) is 18.2. The number of furan rings is 1. The number of carbonyl (C=O) groups is 1. The Balaban J connectivity index is 1.40. The minimum atomic E-state index is 0.142. The number of rotatable bonds is 7. The summed E-state index contributed by atoms with van der Waals surface area (Å²) in [6.07, 6.45) is 9.53. The van der Waals surface area contributed by atoms with Gasteiger partial charge in [0, 0.05) is 35.8 Å². The molecule has 1 aromatic carbocycles. The first-order chi connectivity index (χ1) is 15.7. The number of para-hydroxylation sites is 1. The number of hydrogen-bond acceptors (Lipinski definition) is 5. The third-order valence-corrected chi connectivity index (χ3v) is 7.23. The molecule has 1 N–H and O–H groups in total. The number of hydrogen-bond donors (Lipinski definition) is 1. The van der Waals surface area contributed by atoms with Crippen LogP contribution < -0.4 is 0 Å². The predicted octanol–water partition coefficient (Wildman–Crippen LogP) is 4.95. The number of nitrogens with one attached hydrogen (secondary N) is 1. The van der Waals surface area contributed by atoms with E-state index in [4.69, 9.17) is 4.42 Å². The second-order valence-corrected chi connectivity index (χ2v) is 9.25. The summed E-state index contributed by atoms with van der Waals surface area (Å²) >= 11 is 1.44. The molecule has 7 nitrogen and oxygen atoms in total. The summed E-state index contributed by atoms with van der Waals surface area (Å²) in [7, 11) is 1.93. The van der Waals surface area contributed by atoms with Crippen LogP contribution in [0.25, 0.3) is 22.3 Å². The molecule has 8 heteroatoms. The van der Waals surface area contributed by atoms with Crippen molar-refractivity contribution in [1.29, 1.82) is 0 Å². The highest BCUT2D eigenvalue weighted by Gasteiger charge is 2.24. The van der Waals surface area contributed by atoms with Crippen LogP contribution in [-0.4, -0.2) is 49.4 Å². The van der Waals surface area contributed by atoms with Crippen LogP contribution in [0.3, 0.4) is 0 Å². The largest absolute Gasteiger partial charge is 0.467 e. The Bertz CT molecular complexity index is 1190. The highest BCUT2D eigenvalue weighted by Crippen LogP contribution is 2.31. The van der Waals surface area contributed by atoms with Crippen molar-refractivity contribution in [2.45, 2.75) is 49.8 Å². The maximum absolute atomic E-state index is 12.9. The fourth-order valence-corrected chi connectivity index (χ4v) is 5.31. The first-order valence-electron chi connectivity index (χ1n) is 11.1. The Morgan fingerprint density at radius 2 is 2.03 bits per heavy atom. The van der Waals surface area contributed by atoms with E-state index in [-0.39, 0.29) is 5.91 Å². The third-order valence-electron chi connectivity index (χ3n) is 6.28. The average Bonchev–Trinajstić information content (AvgIpc) is 3.58. The number of thioether (sulfide) groups is 1. The van der Waals surface area contributed by atoms with Gasteiger partial charge >= 0.3 is 0 Å². The molecule has 0 unspecified atom stereocenters. The molecule has 0 bridgehead atoms. The Morgan fingerprint density at radius 1 is 1.19 bits per heavy atom. The Kier molecular flexibility index (Phi) is 6.03. The summed E-state index contributed by atoms with van der Waals surface area (Å²) in [5, 5.41) is 10.8. The zero-order chi connectivity index (χ0) is 21.9. The summed E-state index contributed by atoms with van der Waals surface area (Å²) in [4.78, 5) is 18.1. The molecule has 1 aliphatic carbocycles. The molecule has 32 heavy (non-hydrogen) atoms. The van der Waals surface area contributed by atoms with Crippen LogP contribution in [-0.2, 0) is 11.3 Å².